The predicted molar refractivity (Wildman–Crippen MR) is 52.7 cm³/mol. The van der Waals surface area contributed by atoms with Crippen LogP contribution in [-0.2, 0) is 4.74 Å². The van der Waals surface area contributed by atoms with Crippen LogP contribution in [0.1, 0.15) is 39.0 Å². The molecule has 72 valence electrons. The highest BCUT2D eigenvalue weighted by molar-refractivity contribution is 6.20. The molecule has 0 N–H and O–H groups in total. The maximum absolute atomic E-state index is 5.87. The summed E-state index contributed by atoms with van der Waals surface area (Å²) < 4.78 is 5.30. The van der Waals surface area contributed by atoms with Crippen molar-refractivity contribution in [3.05, 3.63) is 0 Å². The first kappa shape index (κ1) is 10.3. The van der Waals surface area contributed by atoms with Crippen LogP contribution < -0.4 is 0 Å². The van der Waals surface area contributed by atoms with Gasteiger partial charge in [-0.05, 0) is 32.1 Å². The zero-order valence-electron chi connectivity index (χ0n) is 7.89. The Morgan fingerprint density at radius 1 is 1.42 bits per heavy atom. The Balaban J connectivity index is 1.98. The Bertz CT molecular complexity index is 108. The van der Waals surface area contributed by atoms with Crippen LogP contribution in [0.5, 0.6) is 0 Å². The van der Waals surface area contributed by atoms with E-state index in [1.807, 2.05) is 0 Å². The fourth-order valence-corrected chi connectivity index (χ4v) is 1.88. The minimum Gasteiger partial charge on any atom is -0.381 e. The molecule has 0 aromatic heterocycles. The molecule has 1 nitrogen and oxygen atoms in total. The van der Waals surface area contributed by atoms with Gasteiger partial charge in [-0.15, -0.1) is 11.6 Å². The van der Waals surface area contributed by atoms with Crippen LogP contribution in [0.4, 0.5) is 0 Å². The molecule has 12 heavy (non-hydrogen) atoms. The van der Waals surface area contributed by atoms with Gasteiger partial charge in [-0.3, -0.25) is 0 Å². The van der Waals surface area contributed by atoms with E-state index in [1.165, 1.54) is 32.1 Å². The standard InChI is InChI=1S/C10H19ClO/c1-9(11)3-2-4-10-5-7-12-8-6-10/h9-10H,2-8H2,1H3. The molecular weight excluding hydrogens is 172 g/mol. The second kappa shape index (κ2) is 5.82. The smallest absolute Gasteiger partial charge is 0.0468 e. The van der Waals surface area contributed by atoms with Crippen molar-refractivity contribution in [3.8, 4) is 0 Å². The fourth-order valence-electron chi connectivity index (χ4n) is 1.72. The average molecular weight is 191 g/mol. The molecule has 0 aliphatic carbocycles. The fraction of sp³-hybridized carbons (Fsp3) is 1.00. The third-order valence-corrected chi connectivity index (χ3v) is 2.77. The molecule has 2 heteroatoms. The van der Waals surface area contributed by atoms with Crippen LogP contribution >= 0.6 is 11.6 Å². The Morgan fingerprint density at radius 2 is 2.08 bits per heavy atom. The Labute approximate surface area is 80.4 Å². The van der Waals surface area contributed by atoms with Gasteiger partial charge in [0.2, 0.25) is 0 Å². The van der Waals surface area contributed by atoms with Gasteiger partial charge in [0.25, 0.3) is 0 Å². The lowest BCUT2D eigenvalue weighted by molar-refractivity contribution is 0.0632. The van der Waals surface area contributed by atoms with Gasteiger partial charge in [-0.1, -0.05) is 12.8 Å². The minimum absolute atomic E-state index is 0.352. The first-order valence-electron chi connectivity index (χ1n) is 5.01. The molecule has 1 aliphatic heterocycles. The van der Waals surface area contributed by atoms with Gasteiger partial charge in [0, 0.05) is 18.6 Å². The first-order valence-corrected chi connectivity index (χ1v) is 5.44. The van der Waals surface area contributed by atoms with E-state index in [0.717, 1.165) is 19.1 Å². The lowest BCUT2D eigenvalue weighted by atomic mass is 9.94. The van der Waals surface area contributed by atoms with Gasteiger partial charge in [-0.2, -0.15) is 0 Å². The minimum atomic E-state index is 0.352. The van der Waals surface area contributed by atoms with Crippen LogP contribution in [0, 0.1) is 5.92 Å². The monoisotopic (exact) mass is 190 g/mol. The summed E-state index contributed by atoms with van der Waals surface area (Å²) in [4.78, 5) is 0. The number of hydrogen-bond acceptors (Lipinski definition) is 1. The van der Waals surface area contributed by atoms with Crippen molar-refractivity contribution in [1.29, 1.82) is 0 Å². The normalized spacial score (nSPS) is 22.5. The molecular formula is C10H19ClO. The lowest BCUT2D eigenvalue weighted by Crippen LogP contribution is -2.15. The summed E-state index contributed by atoms with van der Waals surface area (Å²) in [5.74, 6) is 0.911. The summed E-state index contributed by atoms with van der Waals surface area (Å²) in [6.45, 7) is 4.02. The number of alkyl halides is 1. The Kier molecular flexibility index (Phi) is 5.01. The summed E-state index contributed by atoms with van der Waals surface area (Å²) in [6, 6.07) is 0. The van der Waals surface area contributed by atoms with Crippen LogP contribution in [0.25, 0.3) is 0 Å². The van der Waals surface area contributed by atoms with E-state index in [2.05, 4.69) is 6.92 Å². The molecule has 1 aliphatic rings. The average Bonchev–Trinajstić information content (AvgIpc) is 2.05. The van der Waals surface area contributed by atoms with Crippen LogP contribution in [0.3, 0.4) is 0 Å². The van der Waals surface area contributed by atoms with Crippen LogP contribution in [0.15, 0.2) is 0 Å². The highest BCUT2D eigenvalue weighted by Gasteiger charge is 2.13. The second-order valence-corrected chi connectivity index (χ2v) is 4.51. The topological polar surface area (TPSA) is 9.23 Å². The van der Waals surface area contributed by atoms with E-state index in [0.29, 0.717) is 5.38 Å². The van der Waals surface area contributed by atoms with E-state index in [-0.39, 0.29) is 0 Å². The molecule has 1 atom stereocenters. The third kappa shape index (κ3) is 4.32. The van der Waals surface area contributed by atoms with Crippen molar-refractivity contribution >= 4 is 11.6 Å². The molecule has 0 saturated carbocycles. The number of halogens is 1. The Morgan fingerprint density at radius 3 is 2.67 bits per heavy atom. The molecule has 0 bridgehead atoms. The number of rotatable bonds is 4. The van der Waals surface area contributed by atoms with Crippen molar-refractivity contribution in [3.63, 3.8) is 0 Å². The van der Waals surface area contributed by atoms with Gasteiger partial charge in [-0.25, -0.2) is 0 Å². The summed E-state index contributed by atoms with van der Waals surface area (Å²) in [5, 5.41) is 0.352. The third-order valence-electron chi connectivity index (χ3n) is 2.56. The van der Waals surface area contributed by atoms with E-state index >= 15 is 0 Å². The zero-order chi connectivity index (χ0) is 8.81. The van der Waals surface area contributed by atoms with Gasteiger partial charge >= 0.3 is 0 Å². The number of ether oxygens (including phenoxy) is 1. The second-order valence-electron chi connectivity index (χ2n) is 3.77. The largest absolute Gasteiger partial charge is 0.381 e. The maximum Gasteiger partial charge on any atom is 0.0468 e. The van der Waals surface area contributed by atoms with Gasteiger partial charge in [0.05, 0.1) is 0 Å². The maximum atomic E-state index is 5.87. The van der Waals surface area contributed by atoms with Gasteiger partial charge < -0.3 is 4.74 Å². The summed E-state index contributed by atoms with van der Waals surface area (Å²) in [5.41, 5.74) is 0. The first-order chi connectivity index (χ1) is 5.79. The summed E-state index contributed by atoms with van der Waals surface area (Å²) >= 11 is 5.87. The van der Waals surface area contributed by atoms with Crippen molar-refractivity contribution in [2.75, 3.05) is 13.2 Å². The summed E-state index contributed by atoms with van der Waals surface area (Å²) in [7, 11) is 0. The molecule has 1 saturated heterocycles. The number of hydrogen-bond donors (Lipinski definition) is 0. The van der Waals surface area contributed by atoms with Gasteiger partial charge in [0.15, 0.2) is 0 Å². The quantitative estimate of drug-likeness (QED) is 0.619. The SMILES string of the molecule is CC(Cl)CCCC1CCOCC1. The van der Waals surface area contributed by atoms with E-state index < -0.39 is 0 Å². The highest BCUT2D eigenvalue weighted by atomic mass is 35.5. The molecule has 0 radical (unpaired) electrons. The van der Waals surface area contributed by atoms with Crippen molar-refractivity contribution in [1.82, 2.24) is 0 Å². The van der Waals surface area contributed by atoms with E-state index in [4.69, 9.17) is 16.3 Å². The Hall–Kier alpha value is 0.250. The highest BCUT2D eigenvalue weighted by Crippen LogP contribution is 2.21. The van der Waals surface area contributed by atoms with Crippen LogP contribution in [0.2, 0.25) is 0 Å². The zero-order valence-corrected chi connectivity index (χ0v) is 8.65. The molecule has 0 amide bonds. The molecule has 0 spiro atoms. The van der Waals surface area contributed by atoms with Crippen molar-refractivity contribution in [2.45, 2.75) is 44.4 Å². The lowest BCUT2D eigenvalue weighted by Gasteiger charge is -2.21. The van der Waals surface area contributed by atoms with Crippen LogP contribution in [-0.4, -0.2) is 18.6 Å². The predicted octanol–water partition coefficient (Wildman–Crippen LogP) is 3.21. The molecule has 0 aromatic carbocycles. The molecule has 1 rings (SSSR count). The molecule has 1 heterocycles. The van der Waals surface area contributed by atoms with E-state index in [9.17, 15) is 0 Å². The molecule has 1 unspecified atom stereocenters. The van der Waals surface area contributed by atoms with Crippen molar-refractivity contribution < 1.29 is 4.74 Å². The molecule has 1 fully saturated rings. The van der Waals surface area contributed by atoms with Gasteiger partial charge in [0.1, 0.15) is 0 Å². The van der Waals surface area contributed by atoms with Crippen molar-refractivity contribution in [2.24, 2.45) is 5.92 Å². The summed E-state index contributed by atoms with van der Waals surface area (Å²) in [6.07, 6.45) is 6.32. The van der Waals surface area contributed by atoms with E-state index in [1.54, 1.807) is 0 Å². The molecule has 0 aromatic rings.